The Morgan fingerprint density at radius 2 is 1.44 bits per heavy atom. The Bertz CT molecular complexity index is 2770. The summed E-state index contributed by atoms with van der Waals surface area (Å²) in [5.74, 6) is 0.244. The summed E-state index contributed by atoms with van der Waals surface area (Å²) in [7, 11) is 0. The number of imidazole rings is 2. The second kappa shape index (κ2) is 18.6. The molecule has 312 valence electrons. The zero-order chi connectivity index (χ0) is 43.0. The lowest BCUT2D eigenvalue weighted by atomic mass is 10.1. The molecular weight excluding hydrogens is 787 g/mol. The molecule has 0 aliphatic heterocycles. The quantitative estimate of drug-likeness (QED) is 0.0649. The van der Waals surface area contributed by atoms with E-state index in [1.165, 1.54) is 33.7 Å². The number of rotatable bonds is 17. The highest BCUT2D eigenvalue weighted by molar-refractivity contribution is 6.03. The molecule has 0 saturated carbocycles. The minimum absolute atomic E-state index is 0.0897. The molecular formula is C42H41N11O8. The number of aliphatic hydroxyl groups excluding tert-OH is 4. The van der Waals surface area contributed by atoms with Crippen molar-refractivity contribution in [2.24, 2.45) is 5.73 Å². The number of aromatic nitrogens is 8. The van der Waals surface area contributed by atoms with Gasteiger partial charge in [-0.2, -0.15) is 10.2 Å². The fourth-order valence-corrected chi connectivity index (χ4v) is 6.23. The van der Waals surface area contributed by atoms with Gasteiger partial charge >= 0.3 is 0 Å². The van der Waals surface area contributed by atoms with Crippen LogP contribution in [0.25, 0.3) is 33.8 Å². The van der Waals surface area contributed by atoms with E-state index in [0.717, 1.165) is 0 Å². The summed E-state index contributed by atoms with van der Waals surface area (Å²) in [5.41, 5.74) is 9.75. The Morgan fingerprint density at radius 3 is 2.11 bits per heavy atom. The molecule has 19 nitrogen and oxygen atoms in total. The molecule has 7 rings (SSSR count). The Labute approximate surface area is 347 Å². The van der Waals surface area contributed by atoms with E-state index in [-0.39, 0.29) is 42.5 Å². The van der Waals surface area contributed by atoms with Crippen molar-refractivity contribution in [3.8, 4) is 34.0 Å². The molecule has 0 bridgehead atoms. The summed E-state index contributed by atoms with van der Waals surface area (Å²) < 4.78 is 14.4. The Kier molecular flexibility index (Phi) is 12.6. The molecule has 0 aliphatic rings. The molecule has 5 heterocycles. The fourth-order valence-electron chi connectivity index (χ4n) is 6.23. The molecule has 7 aromatic rings. The lowest BCUT2D eigenvalue weighted by molar-refractivity contribution is 0.0538. The minimum Gasteiger partial charge on any atom is -0.490 e. The molecule has 0 unspecified atom stereocenters. The number of allylic oxidation sites excluding steroid dienone is 1. The monoisotopic (exact) mass is 827 g/mol. The first kappa shape index (κ1) is 41.6. The SMILES string of the molecule is C=C(/C=C\N)NC(=O)c1cnc2c(Cc3cc(NC(=O)c4cnc5ccc(-c6ccccc6OC[C@H](O)CO)nn45)nc(C)n3)cc(-c3ccccc3OC[C@H](O)CO)nn12. The molecule has 61 heavy (non-hydrogen) atoms. The van der Waals surface area contributed by atoms with E-state index in [9.17, 15) is 30.0 Å². The molecule has 0 radical (unpaired) electrons. The number of benzene rings is 2. The van der Waals surface area contributed by atoms with E-state index in [4.69, 9.17) is 20.3 Å². The van der Waals surface area contributed by atoms with Crippen molar-refractivity contribution >= 4 is 28.9 Å². The second-order valence-electron chi connectivity index (χ2n) is 13.6. The van der Waals surface area contributed by atoms with E-state index in [1.54, 1.807) is 79.7 Å². The lowest BCUT2D eigenvalue weighted by Crippen LogP contribution is -2.23. The van der Waals surface area contributed by atoms with E-state index >= 15 is 0 Å². The van der Waals surface area contributed by atoms with Gasteiger partial charge in [0.05, 0.1) is 42.7 Å². The number of fused-ring (bicyclic) bond motifs is 2. The molecule has 2 atom stereocenters. The number of hydrogen-bond donors (Lipinski definition) is 7. The summed E-state index contributed by atoms with van der Waals surface area (Å²) >= 11 is 0. The number of anilines is 1. The van der Waals surface area contributed by atoms with Gasteiger partial charge in [0.2, 0.25) is 0 Å². The van der Waals surface area contributed by atoms with Crippen molar-refractivity contribution in [1.82, 2.24) is 44.5 Å². The van der Waals surface area contributed by atoms with Crippen LogP contribution in [0.3, 0.4) is 0 Å². The maximum atomic E-state index is 13.8. The topological polar surface area (TPSA) is 270 Å². The van der Waals surface area contributed by atoms with Gasteiger partial charge in [-0.05, 0) is 61.7 Å². The first-order chi connectivity index (χ1) is 29.5. The number of aryl methyl sites for hydroxylation is 1. The minimum atomic E-state index is -1.11. The number of hydrogen-bond acceptors (Lipinski definition) is 15. The van der Waals surface area contributed by atoms with Crippen LogP contribution in [0.2, 0.25) is 0 Å². The van der Waals surface area contributed by atoms with Crippen molar-refractivity contribution in [1.29, 1.82) is 0 Å². The fraction of sp³-hybridized carbons (Fsp3) is 0.190. The molecule has 5 aromatic heterocycles. The number of aliphatic hydroxyl groups is 4. The predicted molar refractivity (Wildman–Crippen MR) is 221 cm³/mol. The van der Waals surface area contributed by atoms with E-state index in [0.29, 0.717) is 62.4 Å². The first-order valence-electron chi connectivity index (χ1n) is 18.8. The Hall–Kier alpha value is -7.58. The molecule has 19 heteroatoms. The van der Waals surface area contributed by atoms with Crippen LogP contribution in [0.5, 0.6) is 11.5 Å². The van der Waals surface area contributed by atoms with Crippen LogP contribution < -0.4 is 25.8 Å². The maximum Gasteiger partial charge on any atom is 0.277 e. The second-order valence-corrected chi connectivity index (χ2v) is 13.6. The van der Waals surface area contributed by atoms with Crippen molar-refractivity contribution in [3.05, 3.63) is 138 Å². The van der Waals surface area contributed by atoms with Crippen LogP contribution in [-0.2, 0) is 6.42 Å². The summed E-state index contributed by atoms with van der Waals surface area (Å²) in [6, 6.07) is 20.9. The number of carbonyl (C=O) groups excluding carboxylic acids is 2. The number of nitrogens with two attached hydrogens (primary N) is 1. The predicted octanol–water partition coefficient (Wildman–Crippen LogP) is 2.23. The van der Waals surface area contributed by atoms with Crippen molar-refractivity contribution < 1.29 is 39.5 Å². The molecule has 2 amide bonds. The number of carbonyl (C=O) groups is 2. The third-order valence-electron chi connectivity index (χ3n) is 9.06. The average molecular weight is 828 g/mol. The van der Waals surface area contributed by atoms with Gasteiger partial charge in [-0.25, -0.2) is 29.0 Å². The van der Waals surface area contributed by atoms with Gasteiger partial charge in [-0.3, -0.25) is 9.59 Å². The highest BCUT2D eigenvalue weighted by Gasteiger charge is 2.22. The zero-order valence-corrected chi connectivity index (χ0v) is 32.7. The first-order valence-corrected chi connectivity index (χ1v) is 18.8. The number of ether oxygens (including phenoxy) is 2. The van der Waals surface area contributed by atoms with Crippen LogP contribution in [0.4, 0.5) is 5.82 Å². The highest BCUT2D eigenvalue weighted by atomic mass is 16.5. The molecule has 2 aromatic carbocycles. The van der Waals surface area contributed by atoms with Gasteiger partial charge < -0.3 is 46.3 Å². The largest absolute Gasteiger partial charge is 0.490 e. The normalized spacial score (nSPS) is 12.4. The van der Waals surface area contributed by atoms with Crippen molar-refractivity contribution in [3.63, 3.8) is 0 Å². The molecule has 0 saturated heterocycles. The number of nitrogens with zero attached hydrogens (tertiary/aromatic N) is 8. The molecule has 0 aliphatic carbocycles. The highest BCUT2D eigenvalue weighted by Crippen LogP contribution is 2.32. The van der Waals surface area contributed by atoms with E-state index in [2.05, 4.69) is 42.2 Å². The Morgan fingerprint density at radius 1 is 0.820 bits per heavy atom. The number of amides is 2. The zero-order valence-electron chi connectivity index (χ0n) is 32.7. The molecule has 0 spiro atoms. The standard InChI is InChI=1S/C42H41N11O8/c1-24(13-14-43)46-41(58)35-19-45-40-26(16-33(51-53(35)40)31-8-4-6-10-37(31)61-23-29(57)21-55)15-27-17-38(48-25(2)47-27)49-42(59)34-18-44-39-12-11-32(50-52(34)39)30-7-3-5-9-36(30)60-22-28(56)20-54/h3-14,16-19,28-29,54-57H,1,15,20-23,43H2,2H3,(H,46,58)(H,47,48,49,59)/b14-13-/t28-,29-/m1/s1. The van der Waals surface area contributed by atoms with Crippen molar-refractivity contribution in [2.75, 3.05) is 31.7 Å². The summed E-state index contributed by atoms with van der Waals surface area (Å²) in [5, 5.41) is 53.3. The third-order valence-corrected chi connectivity index (χ3v) is 9.06. The van der Waals surface area contributed by atoms with Gasteiger partial charge in [0.1, 0.15) is 48.6 Å². The van der Waals surface area contributed by atoms with Gasteiger partial charge in [-0.1, -0.05) is 30.8 Å². The van der Waals surface area contributed by atoms with Crippen LogP contribution in [0.15, 0.2) is 110 Å². The van der Waals surface area contributed by atoms with Crippen LogP contribution >= 0.6 is 0 Å². The third kappa shape index (κ3) is 9.50. The van der Waals surface area contributed by atoms with Gasteiger partial charge in [0.25, 0.3) is 11.8 Å². The smallest absolute Gasteiger partial charge is 0.277 e. The lowest BCUT2D eigenvalue weighted by Gasteiger charge is -2.15. The summed E-state index contributed by atoms with van der Waals surface area (Å²) in [6.07, 6.45) is 3.42. The van der Waals surface area contributed by atoms with Crippen LogP contribution in [0, 0.1) is 6.92 Å². The molecule has 8 N–H and O–H groups in total. The van der Waals surface area contributed by atoms with Gasteiger partial charge in [0, 0.05) is 34.9 Å². The van der Waals surface area contributed by atoms with E-state index < -0.39 is 37.2 Å². The molecule has 0 fully saturated rings. The summed E-state index contributed by atoms with van der Waals surface area (Å²) in [4.78, 5) is 45.3. The van der Waals surface area contributed by atoms with E-state index in [1.807, 2.05) is 0 Å². The number of para-hydroxylation sites is 2. The average Bonchev–Trinajstić information content (AvgIpc) is 3.89. The van der Waals surface area contributed by atoms with Crippen molar-refractivity contribution in [2.45, 2.75) is 25.6 Å². The van der Waals surface area contributed by atoms with Crippen LogP contribution in [-0.4, -0.2) is 110 Å². The maximum absolute atomic E-state index is 13.8. The van der Waals surface area contributed by atoms with Crippen LogP contribution in [0.1, 0.15) is 38.1 Å². The van der Waals surface area contributed by atoms with Gasteiger partial charge in [-0.15, -0.1) is 0 Å². The number of nitrogens with one attached hydrogen (secondary N) is 2. The summed E-state index contributed by atoms with van der Waals surface area (Å²) in [6.45, 7) is 4.22. The van der Waals surface area contributed by atoms with Gasteiger partial charge in [0.15, 0.2) is 22.7 Å². The Balaban J connectivity index is 1.21.